The van der Waals surface area contributed by atoms with Crippen LogP contribution in [0.2, 0.25) is 0 Å². The van der Waals surface area contributed by atoms with Crippen LogP contribution >= 0.6 is 11.8 Å². The molecule has 0 spiro atoms. The Kier molecular flexibility index (Phi) is 5.53. The summed E-state index contributed by atoms with van der Waals surface area (Å²) in [5.74, 6) is 0.0480. The van der Waals surface area contributed by atoms with E-state index in [1.807, 2.05) is 56.3 Å². The molecule has 2 N–H and O–H groups in total. The molecule has 29 heavy (non-hydrogen) atoms. The van der Waals surface area contributed by atoms with Crippen molar-refractivity contribution in [2.45, 2.75) is 37.8 Å². The first-order valence-electron chi connectivity index (χ1n) is 9.70. The monoisotopic (exact) mass is 405 g/mol. The number of aromatic nitrogens is 1. The molecular formula is C23H23N3O2S. The van der Waals surface area contributed by atoms with Gasteiger partial charge in [0.15, 0.2) is 0 Å². The number of amides is 2. The summed E-state index contributed by atoms with van der Waals surface area (Å²) >= 11 is 1.33. The van der Waals surface area contributed by atoms with Gasteiger partial charge in [0.1, 0.15) is 0 Å². The van der Waals surface area contributed by atoms with Gasteiger partial charge in [0.25, 0.3) is 5.91 Å². The average Bonchev–Trinajstić information content (AvgIpc) is 3.52. The van der Waals surface area contributed by atoms with Gasteiger partial charge in [0.2, 0.25) is 5.91 Å². The van der Waals surface area contributed by atoms with Crippen molar-refractivity contribution in [3.63, 3.8) is 0 Å². The van der Waals surface area contributed by atoms with Crippen LogP contribution in [0.3, 0.4) is 0 Å². The van der Waals surface area contributed by atoms with Gasteiger partial charge in [-0.25, -0.2) is 4.98 Å². The molecule has 0 bridgehead atoms. The zero-order valence-electron chi connectivity index (χ0n) is 16.5. The number of rotatable bonds is 6. The number of benzene rings is 2. The minimum Gasteiger partial charge on any atom is -0.349 e. The fourth-order valence-electron chi connectivity index (χ4n) is 3.06. The summed E-state index contributed by atoms with van der Waals surface area (Å²) in [5.41, 5.74) is 4.48. The molecule has 0 unspecified atom stereocenters. The van der Waals surface area contributed by atoms with E-state index in [9.17, 15) is 9.59 Å². The third-order valence-corrected chi connectivity index (χ3v) is 5.90. The second-order valence-electron chi connectivity index (χ2n) is 7.41. The van der Waals surface area contributed by atoms with Crippen molar-refractivity contribution in [3.8, 4) is 0 Å². The first kappa shape index (κ1) is 19.5. The summed E-state index contributed by atoms with van der Waals surface area (Å²) in [6.45, 7) is 4.06. The highest BCUT2D eigenvalue weighted by molar-refractivity contribution is 7.99. The van der Waals surface area contributed by atoms with E-state index in [1.54, 1.807) is 6.07 Å². The molecule has 1 aliphatic carbocycles. The van der Waals surface area contributed by atoms with Crippen LogP contribution in [0.1, 0.15) is 34.3 Å². The highest BCUT2D eigenvalue weighted by Crippen LogP contribution is 2.26. The third kappa shape index (κ3) is 4.77. The van der Waals surface area contributed by atoms with E-state index in [0.717, 1.165) is 35.0 Å². The molecule has 0 atom stereocenters. The SMILES string of the molecule is Cc1ccc(NC(=O)CSc2cc(C(=O)NC3CC3)c3ccccc3n2)cc1C. The number of aryl methyl sites for hydroxylation is 2. The average molecular weight is 406 g/mol. The maximum atomic E-state index is 12.7. The van der Waals surface area contributed by atoms with Gasteiger partial charge in [0.05, 0.1) is 21.9 Å². The molecule has 1 aromatic heterocycles. The molecule has 0 saturated heterocycles. The normalized spacial score (nSPS) is 13.3. The fourth-order valence-corrected chi connectivity index (χ4v) is 3.77. The summed E-state index contributed by atoms with van der Waals surface area (Å²) < 4.78 is 0. The zero-order chi connectivity index (χ0) is 20.4. The van der Waals surface area contributed by atoms with E-state index < -0.39 is 0 Å². The van der Waals surface area contributed by atoms with Crippen LogP contribution in [0.4, 0.5) is 5.69 Å². The lowest BCUT2D eigenvalue weighted by Gasteiger charge is -2.10. The topological polar surface area (TPSA) is 71.1 Å². The smallest absolute Gasteiger partial charge is 0.252 e. The van der Waals surface area contributed by atoms with Crippen LogP contribution in [0.15, 0.2) is 53.6 Å². The van der Waals surface area contributed by atoms with Gasteiger partial charge < -0.3 is 10.6 Å². The van der Waals surface area contributed by atoms with E-state index in [4.69, 9.17) is 0 Å². The van der Waals surface area contributed by atoms with Crippen LogP contribution < -0.4 is 10.6 Å². The maximum Gasteiger partial charge on any atom is 0.252 e. The maximum absolute atomic E-state index is 12.7. The van der Waals surface area contributed by atoms with Gasteiger partial charge in [-0.2, -0.15) is 0 Å². The van der Waals surface area contributed by atoms with Crippen LogP contribution in [0.25, 0.3) is 10.9 Å². The summed E-state index contributed by atoms with van der Waals surface area (Å²) in [5, 5.41) is 7.46. The molecule has 2 aromatic carbocycles. The molecule has 1 fully saturated rings. The molecule has 0 aliphatic heterocycles. The number of anilines is 1. The van der Waals surface area contributed by atoms with Crippen molar-refractivity contribution >= 4 is 40.2 Å². The predicted molar refractivity (Wildman–Crippen MR) is 118 cm³/mol. The fraction of sp³-hybridized carbons (Fsp3) is 0.261. The van der Waals surface area contributed by atoms with Gasteiger partial charge in [0, 0.05) is 17.1 Å². The Morgan fingerprint density at radius 2 is 1.86 bits per heavy atom. The van der Waals surface area contributed by atoms with Crippen LogP contribution in [0.5, 0.6) is 0 Å². The summed E-state index contributed by atoms with van der Waals surface area (Å²) in [6.07, 6.45) is 2.07. The largest absolute Gasteiger partial charge is 0.349 e. The second kappa shape index (κ2) is 8.25. The Morgan fingerprint density at radius 1 is 1.07 bits per heavy atom. The number of hydrogen-bond donors (Lipinski definition) is 2. The zero-order valence-corrected chi connectivity index (χ0v) is 17.3. The number of para-hydroxylation sites is 1. The molecule has 6 heteroatoms. The molecule has 1 saturated carbocycles. The number of thioether (sulfide) groups is 1. The first-order chi connectivity index (χ1) is 14.0. The molecule has 4 rings (SSSR count). The van der Waals surface area contributed by atoms with Crippen molar-refractivity contribution in [2.75, 3.05) is 11.1 Å². The minimum atomic E-state index is -0.0998. The number of carbonyl (C=O) groups excluding carboxylic acids is 2. The number of pyridine rings is 1. The quantitative estimate of drug-likeness (QED) is 0.594. The van der Waals surface area contributed by atoms with Gasteiger partial charge in [-0.05, 0) is 62.1 Å². The van der Waals surface area contributed by atoms with Crippen LogP contribution in [0, 0.1) is 13.8 Å². The number of nitrogens with zero attached hydrogens (tertiary/aromatic N) is 1. The molecule has 2 amide bonds. The van der Waals surface area contributed by atoms with E-state index in [2.05, 4.69) is 15.6 Å². The number of carbonyl (C=O) groups is 2. The van der Waals surface area contributed by atoms with E-state index >= 15 is 0 Å². The van der Waals surface area contributed by atoms with Crippen molar-refractivity contribution in [2.24, 2.45) is 0 Å². The van der Waals surface area contributed by atoms with Gasteiger partial charge >= 0.3 is 0 Å². The van der Waals surface area contributed by atoms with Crippen molar-refractivity contribution in [3.05, 3.63) is 65.2 Å². The summed E-state index contributed by atoms with van der Waals surface area (Å²) in [4.78, 5) is 29.7. The highest BCUT2D eigenvalue weighted by atomic mass is 32.2. The van der Waals surface area contributed by atoms with Gasteiger partial charge in [-0.15, -0.1) is 0 Å². The number of nitrogens with one attached hydrogen (secondary N) is 2. The van der Waals surface area contributed by atoms with Crippen LogP contribution in [-0.4, -0.2) is 28.6 Å². The molecule has 1 heterocycles. The summed E-state index contributed by atoms with van der Waals surface area (Å²) in [6, 6.07) is 15.5. The lowest BCUT2D eigenvalue weighted by Crippen LogP contribution is -2.25. The lowest BCUT2D eigenvalue weighted by molar-refractivity contribution is -0.113. The number of hydrogen-bond acceptors (Lipinski definition) is 4. The van der Waals surface area contributed by atoms with Gasteiger partial charge in [-0.3, -0.25) is 9.59 Å². The standard InChI is InChI=1S/C23H23N3O2S/c1-14-7-8-17(11-15(14)2)24-21(27)13-29-22-12-19(23(28)25-16-9-10-16)18-5-3-4-6-20(18)26-22/h3-8,11-12,16H,9-10,13H2,1-2H3,(H,24,27)(H,25,28). The van der Waals surface area contributed by atoms with E-state index in [0.29, 0.717) is 10.6 Å². The molecule has 3 aromatic rings. The second-order valence-corrected chi connectivity index (χ2v) is 8.40. The third-order valence-electron chi connectivity index (χ3n) is 4.99. The first-order valence-corrected chi connectivity index (χ1v) is 10.7. The Hall–Kier alpha value is -2.86. The minimum absolute atomic E-state index is 0.0764. The molecule has 1 aliphatic rings. The Labute approximate surface area is 174 Å². The van der Waals surface area contributed by atoms with Crippen LogP contribution in [-0.2, 0) is 4.79 Å². The Balaban J connectivity index is 1.49. The summed E-state index contributed by atoms with van der Waals surface area (Å²) in [7, 11) is 0. The lowest BCUT2D eigenvalue weighted by atomic mass is 10.1. The molecule has 5 nitrogen and oxygen atoms in total. The van der Waals surface area contributed by atoms with Gasteiger partial charge in [-0.1, -0.05) is 36.0 Å². The molecular weight excluding hydrogens is 382 g/mol. The Morgan fingerprint density at radius 3 is 2.62 bits per heavy atom. The van der Waals surface area contributed by atoms with Crippen molar-refractivity contribution in [1.29, 1.82) is 0 Å². The van der Waals surface area contributed by atoms with Crippen molar-refractivity contribution < 1.29 is 9.59 Å². The van der Waals surface area contributed by atoms with Crippen molar-refractivity contribution in [1.82, 2.24) is 10.3 Å². The van der Waals surface area contributed by atoms with E-state index in [-0.39, 0.29) is 23.6 Å². The highest BCUT2D eigenvalue weighted by Gasteiger charge is 2.25. The predicted octanol–water partition coefficient (Wildman–Crippen LogP) is 4.47. The van der Waals surface area contributed by atoms with E-state index in [1.165, 1.54) is 17.3 Å². The molecule has 0 radical (unpaired) electrons. The molecule has 148 valence electrons. The Bertz CT molecular complexity index is 1090. The number of fused-ring (bicyclic) bond motifs is 1.